The molecular formula is C16H22N2OS. The second-order valence-corrected chi connectivity index (χ2v) is 6.03. The number of nitrogens with one attached hydrogen (secondary N) is 1. The molecule has 0 saturated heterocycles. The Bertz CT molecular complexity index is 548. The molecule has 2 rings (SSSR count). The molecule has 1 heterocycles. The third kappa shape index (κ3) is 3.58. The van der Waals surface area contributed by atoms with Crippen LogP contribution in [-0.4, -0.2) is 18.1 Å². The molecule has 0 fully saturated rings. The number of aryl methyl sites for hydroxylation is 1. The number of rotatable bonds is 6. The lowest BCUT2D eigenvalue weighted by Crippen LogP contribution is -2.24. The zero-order chi connectivity index (χ0) is 14.5. The van der Waals surface area contributed by atoms with E-state index in [1.54, 1.807) is 18.4 Å². The first kappa shape index (κ1) is 15.0. The first-order valence-corrected chi connectivity index (χ1v) is 7.79. The van der Waals surface area contributed by atoms with Crippen LogP contribution in [0, 0.1) is 6.92 Å². The maximum absolute atomic E-state index is 5.18. The Morgan fingerprint density at radius 1 is 1.30 bits per heavy atom. The summed E-state index contributed by atoms with van der Waals surface area (Å²) in [6.07, 6.45) is 1.14. The molecule has 1 aromatic carbocycles. The first-order valence-electron chi connectivity index (χ1n) is 6.98. The summed E-state index contributed by atoms with van der Waals surface area (Å²) in [5, 5.41) is 4.60. The molecule has 0 bridgehead atoms. The van der Waals surface area contributed by atoms with Crippen LogP contribution in [0.15, 0.2) is 24.3 Å². The molecule has 1 N–H and O–H groups in total. The summed E-state index contributed by atoms with van der Waals surface area (Å²) in [7, 11) is 1.68. The van der Waals surface area contributed by atoms with Gasteiger partial charge in [0.25, 0.3) is 0 Å². The fourth-order valence-electron chi connectivity index (χ4n) is 1.86. The third-order valence-electron chi connectivity index (χ3n) is 3.45. The largest absolute Gasteiger partial charge is 0.497 e. The van der Waals surface area contributed by atoms with Gasteiger partial charge in [-0.15, -0.1) is 11.3 Å². The normalized spacial score (nSPS) is 12.4. The van der Waals surface area contributed by atoms with Crippen LogP contribution < -0.4 is 10.1 Å². The van der Waals surface area contributed by atoms with Gasteiger partial charge >= 0.3 is 0 Å². The Hall–Kier alpha value is -1.39. The minimum atomic E-state index is 0.543. The van der Waals surface area contributed by atoms with E-state index in [1.807, 2.05) is 12.1 Å². The smallest absolute Gasteiger partial charge is 0.123 e. The van der Waals surface area contributed by atoms with E-state index >= 15 is 0 Å². The van der Waals surface area contributed by atoms with Crippen molar-refractivity contribution >= 4 is 11.3 Å². The van der Waals surface area contributed by atoms with Gasteiger partial charge in [-0.2, -0.15) is 0 Å². The van der Waals surface area contributed by atoms with E-state index in [-0.39, 0.29) is 0 Å². The van der Waals surface area contributed by atoms with Crippen LogP contribution in [-0.2, 0) is 6.54 Å². The molecule has 1 unspecified atom stereocenters. The van der Waals surface area contributed by atoms with Crippen molar-refractivity contribution in [3.63, 3.8) is 0 Å². The summed E-state index contributed by atoms with van der Waals surface area (Å²) in [5.74, 6) is 0.876. The quantitative estimate of drug-likeness (QED) is 0.872. The predicted molar refractivity (Wildman–Crippen MR) is 85.4 cm³/mol. The van der Waals surface area contributed by atoms with E-state index in [1.165, 1.54) is 4.88 Å². The molecule has 1 aromatic heterocycles. The van der Waals surface area contributed by atoms with Gasteiger partial charge < -0.3 is 10.1 Å². The highest BCUT2D eigenvalue weighted by Gasteiger charge is 2.10. The fraction of sp³-hybridized carbons (Fsp3) is 0.438. The van der Waals surface area contributed by atoms with E-state index in [0.29, 0.717) is 6.04 Å². The lowest BCUT2D eigenvalue weighted by atomic mass is 10.2. The Labute approximate surface area is 125 Å². The summed E-state index contributed by atoms with van der Waals surface area (Å²) in [6.45, 7) is 7.38. The van der Waals surface area contributed by atoms with Crippen LogP contribution in [0.4, 0.5) is 0 Å². The number of hydrogen-bond acceptors (Lipinski definition) is 4. The van der Waals surface area contributed by atoms with Crippen LogP contribution in [0.25, 0.3) is 10.6 Å². The highest BCUT2D eigenvalue weighted by atomic mass is 32.1. The van der Waals surface area contributed by atoms with Gasteiger partial charge in [0, 0.05) is 23.0 Å². The average Bonchev–Trinajstić information content (AvgIpc) is 2.86. The number of ether oxygens (including phenoxy) is 1. The lowest BCUT2D eigenvalue weighted by molar-refractivity contribution is 0.415. The highest BCUT2D eigenvalue weighted by molar-refractivity contribution is 7.15. The molecule has 108 valence electrons. The zero-order valence-electron chi connectivity index (χ0n) is 12.6. The Morgan fingerprint density at radius 3 is 2.60 bits per heavy atom. The lowest BCUT2D eigenvalue weighted by Gasteiger charge is -2.09. The van der Waals surface area contributed by atoms with Crippen molar-refractivity contribution in [3.05, 3.63) is 34.8 Å². The molecule has 0 aliphatic carbocycles. The monoisotopic (exact) mass is 290 g/mol. The fourth-order valence-corrected chi connectivity index (χ4v) is 2.88. The molecule has 0 aliphatic rings. The van der Waals surface area contributed by atoms with Gasteiger partial charge in [0.1, 0.15) is 10.8 Å². The van der Waals surface area contributed by atoms with E-state index in [0.717, 1.165) is 35.0 Å². The van der Waals surface area contributed by atoms with Crippen molar-refractivity contribution in [1.82, 2.24) is 10.3 Å². The van der Waals surface area contributed by atoms with Crippen molar-refractivity contribution in [2.24, 2.45) is 0 Å². The van der Waals surface area contributed by atoms with Gasteiger partial charge in [-0.25, -0.2) is 4.98 Å². The Balaban J connectivity index is 2.13. The maximum atomic E-state index is 5.18. The standard InChI is InChI=1S/C16H22N2OS/c1-5-11(2)17-10-15-12(3)18-16(20-15)13-6-8-14(19-4)9-7-13/h6-9,11,17H,5,10H2,1-4H3. The van der Waals surface area contributed by atoms with Crippen molar-refractivity contribution in [2.75, 3.05) is 7.11 Å². The molecule has 3 nitrogen and oxygen atoms in total. The summed E-state index contributed by atoms with van der Waals surface area (Å²) in [4.78, 5) is 5.99. The van der Waals surface area contributed by atoms with Gasteiger partial charge in [0.05, 0.1) is 12.8 Å². The van der Waals surface area contributed by atoms with E-state index in [4.69, 9.17) is 4.74 Å². The second-order valence-electron chi connectivity index (χ2n) is 4.95. The van der Waals surface area contributed by atoms with Crippen molar-refractivity contribution < 1.29 is 4.74 Å². The van der Waals surface area contributed by atoms with Gasteiger partial charge in [-0.1, -0.05) is 6.92 Å². The second kappa shape index (κ2) is 6.86. The van der Waals surface area contributed by atoms with E-state index in [2.05, 4.69) is 43.2 Å². The molecule has 0 amide bonds. The average molecular weight is 290 g/mol. The Kier molecular flexibility index (Phi) is 5.15. The Morgan fingerprint density at radius 2 is 2.00 bits per heavy atom. The third-order valence-corrected chi connectivity index (χ3v) is 4.66. The van der Waals surface area contributed by atoms with Gasteiger partial charge in [0.2, 0.25) is 0 Å². The number of nitrogens with zero attached hydrogens (tertiary/aromatic N) is 1. The molecule has 20 heavy (non-hydrogen) atoms. The number of hydrogen-bond donors (Lipinski definition) is 1. The molecule has 0 radical (unpaired) electrons. The molecule has 1 atom stereocenters. The predicted octanol–water partition coefficient (Wildman–Crippen LogP) is 4.02. The zero-order valence-corrected chi connectivity index (χ0v) is 13.4. The van der Waals surface area contributed by atoms with Crippen molar-refractivity contribution in [3.8, 4) is 16.3 Å². The number of aromatic nitrogens is 1. The minimum Gasteiger partial charge on any atom is -0.497 e. The number of thiazole rings is 1. The SMILES string of the molecule is CCC(C)NCc1sc(-c2ccc(OC)cc2)nc1C. The maximum Gasteiger partial charge on any atom is 0.123 e. The van der Waals surface area contributed by atoms with Gasteiger partial charge in [-0.3, -0.25) is 0 Å². The minimum absolute atomic E-state index is 0.543. The van der Waals surface area contributed by atoms with Crippen LogP contribution in [0.5, 0.6) is 5.75 Å². The van der Waals surface area contributed by atoms with Gasteiger partial charge in [-0.05, 0) is 44.5 Å². The summed E-state index contributed by atoms with van der Waals surface area (Å²) >= 11 is 1.76. The molecular weight excluding hydrogens is 268 g/mol. The van der Waals surface area contributed by atoms with Crippen molar-refractivity contribution in [2.45, 2.75) is 39.8 Å². The van der Waals surface area contributed by atoms with E-state index < -0.39 is 0 Å². The summed E-state index contributed by atoms with van der Waals surface area (Å²) in [5.41, 5.74) is 2.27. The van der Waals surface area contributed by atoms with Crippen molar-refractivity contribution in [1.29, 1.82) is 0 Å². The van der Waals surface area contributed by atoms with Crippen LogP contribution in [0.2, 0.25) is 0 Å². The van der Waals surface area contributed by atoms with E-state index in [9.17, 15) is 0 Å². The van der Waals surface area contributed by atoms with Crippen LogP contribution in [0.1, 0.15) is 30.8 Å². The molecule has 0 saturated carbocycles. The molecule has 2 aromatic rings. The highest BCUT2D eigenvalue weighted by Crippen LogP contribution is 2.29. The molecule has 0 aliphatic heterocycles. The number of benzene rings is 1. The number of methoxy groups -OCH3 is 1. The summed E-state index contributed by atoms with van der Waals surface area (Å²) in [6, 6.07) is 8.61. The van der Waals surface area contributed by atoms with Crippen LogP contribution in [0.3, 0.4) is 0 Å². The molecule has 0 spiro atoms. The van der Waals surface area contributed by atoms with Gasteiger partial charge in [0.15, 0.2) is 0 Å². The first-order chi connectivity index (χ1) is 9.63. The summed E-state index contributed by atoms with van der Waals surface area (Å²) < 4.78 is 5.18. The van der Waals surface area contributed by atoms with Crippen LogP contribution >= 0.6 is 11.3 Å². The topological polar surface area (TPSA) is 34.1 Å². The molecule has 4 heteroatoms.